The summed E-state index contributed by atoms with van der Waals surface area (Å²) >= 11 is 0. The highest BCUT2D eigenvalue weighted by Gasteiger charge is 2.15. The minimum Gasteiger partial charge on any atom is -0.326 e. The van der Waals surface area contributed by atoms with Gasteiger partial charge in [0.25, 0.3) is 0 Å². The molecule has 1 amide bonds. The van der Waals surface area contributed by atoms with Gasteiger partial charge in [-0.25, -0.2) is 0 Å². The molecule has 1 atom stereocenters. The van der Waals surface area contributed by atoms with Gasteiger partial charge in [-0.2, -0.15) is 0 Å². The number of hydrogen-bond acceptors (Lipinski definition) is 1. The van der Waals surface area contributed by atoms with Crippen molar-refractivity contribution in [3.8, 4) is 0 Å². The molecule has 0 unspecified atom stereocenters. The first kappa shape index (κ1) is 17.3. The van der Waals surface area contributed by atoms with Crippen molar-refractivity contribution in [2.24, 2.45) is 0 Å². The van der Waals surface area contributed by atoms with E-state index in [-0.39, 0.29) is 5.91 Å². The molecular weight excluding hydrogens is 282 g/mol. The van der Waals surface area contributed by atoms with E-state index >= 15 is 0 Å². The fourth-order valence-electron chi connectivity index (χ4n) is 3.04. The normalized spacial score (nSPS) is 12.0. The maximum absolute atomic E-state index is 12.5. The van der Waals surface area contributed by atoms with Crippen LogP contribution in [0.25, 0.3) is 0 Å². The van der Waals surface area contributed by atoms with Crippen LogP contribution in [0, 0.1) is 13.8 Å². The smallest absolute Gasteiger partial charge is 0.224 e. The van der Waals surface area contributed by atoms with Gasteiger partial charge in [-0.15, -0.1) is 0 Å². The average molecular weight is 309 g/mol. The van der Waals surface area contributed by atoms with E-state index in [4.69, 9.17) is 0 Å². The average Bonchev–Trinajstić information content (AvgIpc) is 2.51. The zero-order valence-electron chi connectivity index (χ0n) is 14.4. The Kier molecular flexibility index (Phi) is 6.40. The molecule has 0 radical (unpaired) electrons. The van der Waals surface area contributed by atoms with Crippen molar-refractivity contribution in [3.05, 3.63) is 65.2 Å². The van der Waals surface area contributed by atoms with Crippen LogP contribution in [0.1, 0.15) is 55.2 Å². The number of anilines is 1. The van der Waals surface area contributed by atoms with E-state index < -0.39 is 0 Å². The Hall–Kier alpha value is -2.09. The monoisotopic (exact) mass is 309 g/mol. The first-order valence-electron chi connectivity index (χ1n) is 8.51. The highest BCUT2D eigenvalue weighted by Crippen LogP contribution is 2.26. The number of carbonyl (C=O) groups is 1. The second-order valence-electron chi connectivity index (χ2n) is 6.38. The van der Waals surface area contributed by atoms with Gasteiger partial charge in [0.1, 0.15) is 0 Å². The maximum atomic E-state index is 12.5. The molecule has 1 N–H and O–H groups in total. The predicted molar refractivity (Wildman–Crippen MR) is 97.9 cm³/mol. The lowest BCUT2D eigenvalue weighted by Gasteiger charge is -2.17. The molecule has 2 nitrogen and oxygen atoms in total. The van der Waals surface area contributed by atoms with Crippen LogP contribution in [-0.2, 0) is 4.79 Å². The van der Waals surface area contributed by atoms with Crippen LogP contribution in [0.5, 0.6) is 0 Å². The summed E-state index contributed by atoms with van der Waals surface area (Å²) in [5, 5.41) is 3.06. The summed E-state index contributed by atoms with van der Waals surface area (Å²) in [6.45, 7) is 6.30. The summed E-state index contributed by atoms with van der Waals surface area (Å²) in [7, 11) is 0. The van der Waals surface area contributed by atoms with Gasteiger partial charge in [-0.3, -0.25) is 4.79 Å². The molecule has 0 aliphatic carbocycles. The third-order valence-electron chi connectivity index (χ3n) is 4.11. The molecule has 0 fully saturated rings. The van der Waals surface area contributed by atoms with Crippen LogP contribution in [0.2, 0.25) is 0 Å². The molecule has 0 aliphatic heterocycles. The number of rotatable bonds is 7. The summed E-state index contributed by atoms with van der Waals surface area (Å²) in [5.74, 6) is 0.391. The van der Waals surface area contributed by atoms with Gasteiger partial charge in [0.15, 0.2) is 0 Å². The fraction of sp³-hybridized carbons (Fsp3) is 0.381. The predicted octanol–water partition coefficient (Wildman–Crippen LogP) is 5.61. The lowest BCUT2D eigenvalue weighted by atomic mass is 9.90. The van der Waals surface area contributed by atoms with Crippen molar-refractivity contribution in [2.75, 3.05) is 5.32 Å². The van der Waals surface area contributed by atoms with Crippen LogP contribution in [0.4, 0.5) is 5.69 Å². The minimum atomic E-state index is 0.0972. The number of unbranched alkanes of at least 4 members (excludes halogenated alkanes) is 1. The molecule has 2 rings (SSSR count). The Labute approximate surface area is 139 Å². The molecule has 0 heterocycles. The number of benzene rings is 2. The standard InChI is InChI=1S/C21H27NO/c1-4-5-9-19(18-10-7-6-8-11-18)15-21(23)22-20-13-16(2)12-17(3)14-20/h6-8,10-14,19H,4-5,9,15H2,1-3H3,(H,22,23)/t19-/m1/s1. The summed E-state index contributed by atoms with van der Waals surface area (Å²) < 4.78 is 0. The van der Waals surface area contributed by atoms with Gasteiger partial charge in [-0.05, 0) is 55.0 Å². The van der Waals surface area contributed by atoms with E-state index in [2.05, 4.69) is 56.4 Å². The number of aryl methyl sites for hydroxylation is 2. The maximum Gasteiger partial charge on any atom is 0.224 e. The molecule has 2 aromatic carbocycles. The molecule has 23 heavy (non-hydrogen) atoms. The first-order valence-corrected chi connectivity index (χ1v) is 8.51. The molecule has 0 bridgehead atoms. The molecule has 0 saturated carbocycles. The van der Waals surface area contributed by atoms with Gasteiger partial charge in [0, 0.05) is 12.1 Å². The van der Waals surface area contributed by atoms with E-state index in [9.17, 15) is 4.79 Å². The zero-order valence-corrected chi connectivity index (χ0v) is 14.4. The Morgan fingerprint density at radius 3 is 2.30 bits per heavy atom. The third kappa shape index (κ3) is 5.55. The van der Waals surface area contributed by atoms with Crippen molar-refractivity contribution in [3.63, 3.8) is 0 Å². The molecule has 2 heteroatoms. The van der Waals surface area contributed by atoms with Gasteiger partial charge < -0.3 is 5.32 Å². The summed E-state index contributed by atoms with van der Waals surface area (Å²) in [6.07, 6.45) is 3.90. The second kappa shape index (κ2) is 8.52. The SMILES string of the molecule is CCCC[C@H](CC(=O)Nc1cc(C)cc(C)c1)c1ccccc1. The lowest BCUT2D eigenvalue weighted by molar-refractivity contribution is -0.116. The lowest BCUT2D eigenvalue weighted by Crippen LogP contribution is -2.16. The zero-order chi connectivity index (χ0) is 16.7. The number of hydrogen-bond donors (Lipinski definition) is 1. The van der Waals surface area contributed by atoms with E-state index in [1.54, 1.807) is 0 Å². The Balaban J connectivity index is 2.05. The van der Waals surface area contributed by atoms with Crippen molar-refractivity contribution >= 4 is 11.6 Å². The topological polar surface area (TPSA) is 29.1 Å². The molecular formula is C21H27NO. The van der Waals surface area contributed by atoms with Crippen LogP contribution in [-0.4, -0.2) is 5.91 Å². The van der Waals surface area contributed by atoms with E-state index in [1.165, 1.54) is 16.7 Å². The summed E-state index contributed by atoms with van der Waals surface area (Å²) in [4.78, 5) is 12.5. The fourth-order valence-corrected chi connectivity index (χ4v) is 3.04. The Morgan fingerprint density at radius 1 is 1.04 bits per heavy atom. The highest BCUT2D eigenvalue weighted by atomic mass is 16.1. The van der Waals surface area contributed by atoms with Gasteiger partial charge in [0.05, 0.1) is 0 Å². The van der Waals surface area contributed by atoms with Crippen LogP contribution < -0.4 is 5.32 Å². The Morgan fingerprint density at radius 2 is 1.70 bits per heavy atom. The van der Waals surface area contributed by atoms with Crippen LogP contribution in [0.3, 0.4) is 0 Å². The van der Waals surface area contributed by atoms with Crippen LogP contribution >= 0.6 is 0 Å². The Bertz CT molecular complexity index is 613. The first-order chi connectivity index (χ1) is 11.1. The van der Waals surface area contributed by atoms with Crippen molar-refractivity contribution < 1.29 is 4.79 Å². The molecule has 2 aromatic rings. The number of nitrogens with one attached hydrogen (secondary N) is 1. The van der Waals surface area contributed by atoms with E-state index in [1.807, 2.05) is 18.2 Å². The molecule has 122 valence electrons. The molecule has 0 aromatic heterocycles. The minimum absolute atomic E-state index is 0.0972. The van der Waals surface area contributed by atoms with Crippen molar-refractivity contribution in [2.45, 2.75) is 52.4 Å². The van der Waals surface area contributed by atoms with Gasteiger partial charge >= 0.3 is 0 Å². The summed E-state index contributed by atoms with van der Waals surface area (Å²) in [6, 6.07) is 16.5. The number of amides is 1. The van der Waals surface area contributed by atoms with Gasteiger partial charge in [-0.1, -0.05) is 56.2 Å². The summed E-state index contributed by atoms with van der Waals surface area (Å²) in [5.41, 5.74) is 4.50. The van der Waals surface area contributed by atoms with Crippen LogP contribution in [0.15, 0.2) is 48.5 Å². The van der Waals surface area contributed by atoms with E-state index in [0.29, 0.717) is 12.3 Å². The third-order valence-corrected chi connectivity index (χ3v) is 4.11. The second-order valence-corrected chi connectivity index (χ2v) is 6.38. The van der Waals surface area contributed by atoms with Gasteiger partial charge in [0.2, 0.25) is 5.91 Å². The van der Waals surface area contributed by atoms with Crippen molar-refractivity contribution in [1.82, 2.24) is 0 Å². The quantitative estimate of drug-likeness (QED) is 0.708. The molecule has 0 aliphatic rings. The number of carbonyl (C=O) groups excluding carboxylic acids is 1. The highest BCUT2D eigenvalue weighted by molar-refractivity contribution is 5.91. The van der Waals surface area contributed by atoms with Crippen molar-refractivity contribution in [1.29, 1.82) is 0 Å². The molecule has 0 saturated heterocycles. The largest absolute Gasteiger partial charge is 0.326 e. The van der Waals surface area contributed by atoms with E-state index in [0.717, 1.165) is 24.9 Å². The molecule has 0 spiro atoms.